The van der Waals surface area contributed by atoms with Crippen LogP contribution >= 0.6 is 0 Å². The summed E-state index contributed by atoms with van der Waals surface area (Å²) >= 11 is -2.86. The number of nitrogens with zero attached hydrogens (tertiary/aromatic N) is 5. The topological polar surface area (TPSA) is 16.2 Å². The summed E-state index contributed by atoms with van der Waals surface area (Å²) < 4.78 is 4.29. The van der Waals surface area contributed by atoms with E-state index in [4.69, 9.17) is 0 Å². The third-order valence-corrected chi connectivity index (χ3v) is 20.8. The van der Waals surface area contributed by atoms with Gasteiger partial charge in [0.1, 0.15) is 0 Å². The molecule has 11 aromatic rings. The van der Waals surface area contributed by atoms with Gasteiger partial charge in [-0.15, -0.1) is 0 Å². The van der Waals surface area contributed by atoms with Crippen molar-refractivity contribution in [1.29, 1.82) is 0 Å². The molecule has 73 heavy (non-hydrogen) atoms. The number of anilines is 14. The maximum absolute atomic E-state index is 2.86. The molecule has 0 bridgehead atoms. The molecule has 12 rings (SSSR count). The van der Waals surface area contributed by atoms with E-state index >= 15 is 0 Å². The second-order valence-electron chi connectivity index (χ2n) is 18.2. The van der Waals surface area contributed by atoms with Crippen molar-refractivity contribution in [2.45, 2.75) is 0 Å². The van der Waals surface area contributed by atoms with E-state index < -0.39 is 16.2 Å². The predicted octanol–water partition coefficient (Wildman–Crippen LogP) is 16.2. The van der Waals surface area contributed by atoms with Gasteiger partial charge in [0.15, 0.2) is 0 Å². The Morgan fingerprint density at radius 2 is 0.616 bits per heavy atom. The van der Waals surface area contributed by atoms with Crippen LogP contribution in [0.25, 0.3) is 0 Å². The fourth-order valence-electron chi connectivity index (χ4n) is 10.5. The average molecular weight is 997 g/mol. The molecule has 0 amide bonds. The molecule has 1 aliphatic rings. The van der Waals surface area contributed by atoms with Crippen LogP contribution < -0.4 is 36.9 Å². The van der Waals surface area contributed by atoms with Gasteiger partial charge in [-0.2, -0.15) is 0 Å². The first kappa shape index (κ1) is 45.2. The molecule has 0 N–H and O–H groups in total. The van der Waals surface area contributed by atoms with Crippen LogP contribution in [-0.2, 0) is 0 Å². The standard InChI is InChI=1S/C61H47N5.C6H5.Ga/c1-62(48-23-9-2-10-24-48)59-45-60(65(53-33-19-7-20-34-53)54-35-21-8-22-36-54)47-61(46-59)66(57-41-37-55(38-42-57)63(49-25-11-3-12-26-49)50-27-13-4-14-28-50)58-43-39-56(40-44-58)64(51-29-15-5-16-30-51)52-31-17-6-18-32-52;1-2-4-6-5-3-1;/h2-35,37-44,46-47H,1H3;1-5H;. The van der Waals surface area contributed by atoms with Gasteiger partial charge in [-0.1, -0.05) is 72.8 Å². The summed E-state index contributed by atoms with van der Waals surface area (Å²) in [5.41, 5.74) is 15.5. The molecule has 1 aliphatic heterocycles. The first-order chi connectivity index (χ1) is 36.2. The van der Waals surface area contributed by atoms with Crippen LogP contribution in [0.1, 0.15) is 0 Å². The third kappa shape index (κ3) is 8.95. The molecule has 6 heteroatoms. The Labute approximate surface area is 434 Å². The third-order valence-electron chi connectivity index (χ3n) is 13.8. The zero-order valence-corrected chi connectivity index (χ0v) is 43.0. The van der Waals surface area contributed by atoms with Gasteiger partial charge >= 0.3 is 364 Å². The Morgan fingerprint density at radius 1 is 0.288 bits per heavy atom. The van der Waals surface area contributed by atoms with Gasteiger partial charge < -0.3 is 0 Å². The molecular weight excluding hydrogens is 944 g/mol. The fraction of sp³-hybridized carbons (Fsp3) is 0.0149. The molecule has 0 aromatic heterocycles. The summed E-state index contributed by atoms with van der Waals surface area (Å²) in [7, 11) is 2.24. The summed E-state index contributed by atoms with van der Waals surface area (Å²) in [6.45, 7) is 0. The van der Waals surface area contributed by atoms with E-state index in [1.165, 1.54) is 29.4 Å². The van der Waals surface area contributed by atoms with Gasteiger partial charge in [-0.05, 0) is 0 Å². The van der Waals surface area contributed by atoms with Crippen LogP contribution in [0, 0.1) is 0 Å². The summed E-state index contributed by atoms with van der Waals surface area (Å²) in [6, 6.07) is 108. The van der Waals surface area contributed by atoms with Gasteiger partial charge in [0.2, 0.25) is 0 Å². The van der Waals surface area contributed by atoms with E-state index in [0.717, 1.165) is 62.6 Å². The van der Waals surface area contributed by atoms with E-state index in [0.29, 0.717) is 0 Å². The zero-order chi connectivity index (χ0) is 48.9. The Kier molecular flexibility index (Phi) is 12.6. The van der Waals surface area contributed by atoms with Crippen LogP contribution in [0.5, 0.6) is 0 Å². The Hall–Kier alpha value is -8.94. The molecule has 5 nitrogen and oxygen atoms in total. The van der Waals surface area contributed by atoms with Crippen molar-refractivity contribution in [2.24, 2.45) is 0 Å². The molecule has 0 radical (unpaired) electrons. The summed E-state index contributed by atoms with van der Waals surface area (Å²) in [5, 5.41) is 0. The van der Waals surface area contributed by atoms with Crippen molar-refractivity contribution < 1.29 is 0 Å². The van der Waals surface area contributed by atoms with Crippen molar-refractivity contribution in [1.82, 2.24) is 0 Å². The fourth-order valence-corrected chi connectivity index (χ4v) is 17.9. The van der Waals surface area contributed by atoms with E-state index in [9.17, 15) is 0 Å². The quantitative estimate of drug-likeness (QED) is 0.107. The molecule has 0 unspecified atom stereocenters. The number of benzene rings is 11. The molecular formula is C67H52GaN5. The Morgan fingerprint density at radius 3 is 1.04 bits per heavy atom. The predicted molar refractivity (Wildman–Crippen MR) is 311 cm³/mol. The summed E-state index contributed by atoms with van der Waals surface area (Å²) in [6.07, 6.45) is 0. The molecule has 1 heterocycles. The number of hydrogen-bond donors (Lipinski definition) is 0. The van der Waals surface area contributed by atoms with Crippen LogP contribution in [0.3, 0.4) is 0 Å². The van der Waals surface area contributed by atoms with Gasteiger partial charge in [0.25, 0.3) is 0 Å². The molecule has 0 spiro atoms. The van der Waals surface area contributed by atoms with Crippen LogP contribution in [-0.4, -0.2) is 23.3 Å². The normalized spacial score (nSPS) is 11.6. The van der Waals surface area contributed by atoms with Gasteiger partial charge in [0.05, 0.1) is 0 Å². The maximum atomic E-state index is 2.51. The monoisotopic (exact) mass is 995 g/mol. The average Bonchev–Trinajstić information content (AvgIpc) is 3.47. The van der Waals surface area contributed by atoms with Gasteiger partial charge in [-0.3, -0.25) is 0 Å². The Balaban J connectivity index is 1.10. The number of para-hydroxylation sites is 7. The van der Waals surface area contributed by atoms with E-state index in [1.54, 1.807) is 0 Å². The first-order valence-electron chi connectivity index (χ1n) is 24.9. The molecule has 0 saturated carbocycles. The number of fused-ring (bicyclic) bond motifs is 2. The second-order valence-corrected chi connectivity index (χ2v) is 24.0. The van der Waals surface area contributed by atoms with Crippen molar-refractivity contribution in [3.63, 3.8) is 0 Å². The molecule has 0 saturated heterocycles. The molecule has 0 atom stereocenters. The minimum absolute atomic E-state index is 1.04. The van der Waals surface area contributed by atoms with E-state index in [-0.39, 0.29) is 0 Å². The SMILES string of the molecule is CN(c1ccccc1)c1cc(N(c2ccc(N(c3ccccc3)c3ccccc3)cc2)c2ccc(N(c3ccccc3)c3ccccc3)cc2)cc2[c]1[Ga]([c]1ccccc1)[c]1ccccc1N2c1ccccc1. The van der Waals surface area contributed by atoms with Crippen molar-refractivity contribution >= 4 is 108 Å². The molecule has 0 fully saturated rings. The zero-order valence-electron chi connectivity index (χ0n) is 40.6. The molecule has 348 valence electrons. The van der Waals surface area contributed by atoms with Gasteiger partial charge in [-0.25, -0.2) is 0 Å². The van der Waals surface area contributed by atoms with E-state index in [1.807, 2.05) is 0 Å². The number of rotatable bonds is 13. The first-order valence-corrected chi connectivity index (χ1v) is 28.6. The summed E-state index contributed by atoms with van der Waals surface area (Å²) in [4.78, 5) is 12.0. The van der Waals surface area contributed by atoms with Gasteiger partial charge in [0, 0.05) is 0 Å². The van der Waals surface area contributed by atoms with Crippen LogP contribution in [0.4, 0.5) is 79.6 Å². The second kappa shape index (κ2) is 20.4. The number of hydrogen-bond acceptors (Lipinski definition) is 5. The van der Waals surface area contributed by atoms with E-state index in [2.05, 4.69) is 329 Å². The van der Waals surface area contributed by atoms with Crippen molar-refractivity contribution in [3.05, 3.63) is 297 Å². The van der Waals surface area contributed by atoms with Crippen LogP contribution in [0.2, 0.25) is 0 Å². The molecule has 11 aromatic carbocycles. The summed E-state index contributed by atoms with van der Waals surface area (Å²) in [5.74, 6) is 0. The minimum atomic E-state index is -2.86. The van der Waals surface area contributed by atoms with Crippen molar-refractivity contribution in [3.8, 4) is 0 Å². The molecule has 0 aliphatic carbocycles. The van der Waals surface area contributed by atoms with Crippen LogP contribution in [0.15, 0.2) is 297 Å². The van der Waals surface area contributed by atoms with Crippen molar-refractivity contribution in [2.75, 3.05) is 31.5 Å². The Bertz CT molecular complexity index is 3360.